The third kappa shape index (κ3) is 3.09. The largest absolute Gasteiger partial charge is 0.450 e. The maximum absolute atomic E-state index is 12.2. The average Bonchev–Trinajstić information content (AvgIpc) is 2.02. The van der Waals surface area contributed by atoms with E-state index < -0.39 is 17.5 Å². The Hall–Kier alpha value is -0.965. The van der Waals surface area contributed by atoms with Gasteiger partial charge in [0.2, 0.25) is 0 Å². The summed E-state index contributed by atoms with van der Waals surface area (Å²) in [5.74, 6) is -4.17. The van der Waals surface area contributed by atoms with Crippen molar-refractivity contribution in [2.45, 2.75) is 0 Å². The van der Waals surface area contributed by atoms with Crippen molar-refractivity contribution in [1.82, 2.24) is 0 Å². The van der Waals surface area contributed by atoms with Gasteiger partial charge in [0.1, 0.15) is 0 Å². The van der Waals surface area contributed by atoms with Crippen LogP contribution < -0.4 is 0 Å². The summed E-state index contributed by atoms with van der Waals surface area (Å²) in [6.07, 6.45) is 0.528. The van der Waals surface area contributed by atoms with Crippen molar-refractivity contribution in [2.24, 2.45) is 0 Å². The Morgan fingerprint density at radius 3 is 2.27 bits per heavy atom. The summed E-state index contributed by atoms with van der Waals surface area (Å²) in [4.78, 5) is 0. The van der Waals surface area contributed by atoms with Gasteiger partial charge in [-0.25, -0.2) is 13.2 Å². The third-order valence-corrected chi connectivity index (χ3v) is 0.819. The highest BCUT2D eigenvalue weighted by molar-refractivity contribution is 6.32. The number of halogens is 3. The van der Waals surface area contributed by atoms with Gasteiger partial charge in [0.25, 0.3) is 0 Å². The quantitative estimate of drug-likeness (QED) is 0.493. The Morgan fingerprint density at radius 1 is 1.36 bits per heavy atom. The Balaban J connectivity index is 4.59. The van der Waals surface area contributed by atoms with Crippen LogP contribution in [0.5, 0.6) is 0 Å². The van der Waals surface area contributed by atoms with Crippen molar-refractivity contribution in [2.75, 3.05) is 0 Å². The van der Waals surface area contributed by atoms with Crippen LogP contribution in [0.4, 0.5) is 13.2 Å². The summed E-state index contributed by atoms with van der Waals surface area (Å²) >= 11 is 0. The fourth-order valence-electron chi connectivity index (χ4n) is 0.342. The normalized spacial score (nSPS) is 14.0. The van der Waals surface area contributed by atoms with Gasteiger partial charge < -0.3 is 5.02 Å². The molecule has 1 N–H and O–H groups in total. The van der Waals surface area contributed by atoms with Gasteiger partial charge in [-0.1, -0.05) is 12.6 Å². The van der Waals surface area contributed by atoms with Gasteiger partial charge in [0.05, 0.1) is 0 Å². The van der Waals surface area contributed by atoms with E-state index in [0.717, 1.165) is 0 Å². The first-order valence-corrected chi connectivity index (χ1v) is 2.64. The smallest absolute Gasteiger partial charge is 0.321 e. The molecule has 0 rings (SSSR count). The molecule has 0 aliphatic carbocycles. The van der Waals surface area contributed by atoms with Crippen LogP contribution in [-0.2, 0) is 0 Å². The molecule has 0 fully saturated rings. The van der Waals surface area contributed by atoms with Crippen molar-refractivity contribution in [3.05, 3.63) is 36.1 Å². The Morgan fingerprint density at radius 2 is 1.91 bits per heavy atom. The van der Waals surface area contributed by atoms with Crippen molar-refractivity contribution in [1.29, 1.82) is 0 Å². The maximum Gasteiger partial charge on any atom is 0.321 e. The topological polar surface area (TPSA) is 20.2 Å². The zero-order valence-electron chi connectivity index (χ0n) is 5.52. The molecule has 0 aliphatic heterocycles. The van der Waals surface area contributed by atoms with Crippen LogP contribution >= 0.6 is 0 Å². The van der Waals surface area contributed by atoms with E-state index in [2.05, 4.69) is 6.58 Å². The third-order valence-electron chi connectivity index (χ3n) is 0.819. The molecular formula is C6H5BF3O. The minimum Gasteiger partial charge on any atom is -0.450 e. The SMILES string of the molecule is C=C/C(F)=C(F)\C(F)=C/[B]O. The molecule has 0 saturated carbocycles. The standard InChI is InChI=1S/C6H5BF3O/c1-2-4(8)6(10)5(9)3-7-11/h2-3,11H,1H2/b5-3+,6-4-. The molecule has 0 heterocycles. The van der Waals surface area contributed by atoms with E-state index in [1.54, 1.807) is 0 Å². The lowest BCUT2D eigenvalue weighted by molar-refractivity contribution is 0.503. The predicted molar refractivity (Wildman–Crippen MR) is 36.6 cm³/mol. The van der Waals surface area contributed by atoms with Crippen LogP contribution in [0.1, 0.15) is 0 Å². The van der Waals surface area contributed by atoms with E-state index in [1.165, 1.54) is 0 Å². The van der Waals surface area contributed by atoms with Crippen LogP contribution in [0.2, 0.25) is 0 Å². The lowest BCUT2D eigenvalue weighted by Crippen LogP contribution is -1.85. The second-order valence-corrected chi connectivity index (χ2v) is 1.53. The molecule has 0 aliphatic rings. The summed E-state index contributed by atoms with van der Waals surface area (Å²) in [6, 6.07) is 0. The van der Waals surface area contributed by atoms with Crippen molar-refractivity contribution >= 4 is 7.48 Å². The number of rotatable bonds is 3. The predicted octanol–water partition coefficient (Wildman–Crippen LogP) is 1.75. The molecule has 11 heavy (non-hydrogen) atoms. The van der Waals surface area contributed by atoms with E-state index in [0.29, 0.717) is 12.1 Å². The Kier molecular flexibility index (Phi) is 4.37. The van der Waals surface area contributed by atoms with E-state index in [-0.39, 0.29) is 7.48 Å². The molecule has 0 spiro atoms. The van der Waals surface area contributed by atoms with Gasteiger partial charge in [-0.15, -0.1) is 0 Å². The molecule has 0 bridgehead atoms. The first-order chi connectivity index (χ1) is 5.13. The van der Waals surface area contributed by atoms with Crippen LogP contribution in [-0.4, -0.2) is 12.5 Å². The highest BCUT2D eigenvalue weighted by Crippen LogP contribution is 2.18. The van der Waals surface area contributed by atoms with Crippen molar-refractivity contribution in [3.8, 4) is 0 Å². The molecule has 0 atom stereocenters. The van der Waals surface area contributed by atoms with Gasteiger partial charge in [-0.3, -0.25) is 0 Å². The van der Waals surface area contributed by atoms with Gasteiger partial charge >= 0.3 is 7.48 Å². The first kappa shape index (κ1) is 10.0. The van der Waals surface area contributed by atoms with E-state index >= 15 is 0 Å². The average molecular weight is 161 g/mol. The lowest BCUT2D eigenvalue weighted by Gasteiger charge is -1.91. The highest BCUT2D eigenvalue weighted by atomic mass is 19.2. The second kappa shape index (κ2) is 4.79. The van der Waals surface area contributed by atoms with Crippen molar-refractivity contribution < 1.29 is 18.2 Å². The Labute approximate surface area is 62.8 Å². The molecule has 5 heteroatoms. The van der Waals surface area contributed by atoms with E-state index in [4.69, 9.17) is 5.02 Å². The molecule has 0 unspecified atom stereocenters. The summed E-state index contributed by atoms with van der Waals surface area (Å²) in [7, 11) is 0.269. The zero-order valence-corrected chi connectivity index (χ0v) is 5.52. The van der Waals surface area contributed by atoms with Gasteiger partial charge in [-0.2, -0.15) is 0 Å². The van der Waals surface area contributed by atoms with Crippen molar-refractivity contribution in [3.63, 3.8) is 0 Å². The molecular weight excluding hydrogens is 156 g/mol. The summed E-state index contributed by atoms with van der Waals surface area (Å²) in [5.41, 5.74) is 0. The molecule has 1 nitrogen and oxygen atoms in total. The molecule has 0 amide bonds. The summed E-state index contributed by atoms with van der Waals surface area (Å²) in [5, 5.41) is 7.96. The van der Waals surface area contributed by atoms with Gasteiger partial charge in [0.15, 0.2) is 17.5 Å². The Bertz CT molecular complexity index is 210. The molecule has 1 radical (unpaired) electrons. The molecule has 0 aromatic heterocycles. The van der Waals surface area contributed by atoms with E-state index in [9.17, 15) is 13.2 Å². The molecule has 0 saturated heterocycles. The monoisotopic (exact) mass is 161 g/mol. The second-order valence-electron chi connectivity index (χ2n) is 1.53. The fraction of sp³-hybridized carbons (Fsp3) is 0. The number of allylic oxidation sites excluding steroid dienone is 4. The number of hydrogen-bond acceptors (Lipinski definition) is 1. The lowest BCUT2D eigenvalue weighted by atomic mass is 10.0. The zero-order chi connectivity index (χ0) is 8.85. The van der Waals surface area contributed by atoms with Crippen LogP contribution in [0.15, 0.2) is 36.1 Å². The first-order valence-electron chi connectivity index (χ1n) is 2.64. The van der Waals surface area contributed by atoms with Crippen LogP contribution in [0, 0.1) is 0 Å². The van der Waals surface area contributed by atoms with E-state index in [1.807, 2.05) is 0 Å². The molecule has 59 valence electrons. The highest BCUT2D eigenvalue weighted by Gasteiger charge is 2.07. The minimum absolute atomic E-state index is 0.269. The van der Waals surface area contributed by atoms with Gasteiger partial charge in [-0.05, 0) is 6.08 Å². The fourth-order valence-corrected chi connectivity index (χ4v) is 0.342. The molecule has 0 aromatic carbocycles. The maximum atomic E-state index is 12.2. The van der Waals surface area contributed by atoms with Gasteiger partial charge in [0, 0.05) is 0 Å². The molecule has 0 aromatic rings. The number of hydrogen-bond donors (Lipinski definition) is 1. The van der Waals surface area contributed by atoms with Crippen LogP contribution in [0.25, 0.3) is 0 Å². The summed E-state index contributed by atoms with van der Waals surface area (Å²) in [6.45, 7) is 2.88. The van der Waals surface area contributed by atoms with Crippen LogP contribution in [0.3, 0.4) is 0 Å². The minimum atomic E-state index is -1.68. The summed E-state index contributed by atoms with van der Waals surface area (Å²) < 4.78 is 36.5.